The lowest BCUT2D eigenvalue weighted by Crippen LogP contribution is -2.10. The van der Waals surface area contributed by atoms with E-state index in [1.54, 1.807) is 37.6 Å². The summed E-state index contributed by atoms with van der Waals surface area (Å²) in [5.41, 5.74) is 5.29. The zero-order valence-electron chi connectivity index (χ0n) is 20.3. The first kappa shape index (κ1) is 24.5. The van der Waals surface area contributed by atoms with Gasteiger partial charge < -0.3 is 14.6 Å². The standard InChI is InChI=1S/C29H30FNO4/c1-29(2)13-4-5-25(29)23-15-20(6-9-22(23)24-17-21(34-3)8-10-26(24)30)18-35-27-16-19(12-14-31-27)7-11-28(32)33/h5-6,8-10,12,14-17H,4,7,11,13,18H2,1-3H3,(H,32,33). The highest BCUT2D eigenvalue weighted by atomic mass is 19.1. The van der Waals surface area contributed by atoms with Gasteiger partial charge in [0.1, 0.15) is 18.2 Å². The summed E-state index contributed by atoms with van der Waals surface area (Å²) in [5, 5.41) is 8.92. The summed E-state index contributed by atoms with van der Waals surface area (Å²) >= 11 is 0. The predicted molar refractivity (Wildman–Crippen MR) is 134 cm³/mol. The molecule has 5 nitrogen and oxygen atoms in total. The summed E-state index contributed by atoms with van der Waals surface area (Å²) in [7, 11) is 1.58. The fourth-order valence-corrected chi connectivity index (χ4v) is 4.53. The van der Waals surface area contributed by atoms with Crippen LogP contribution in [0.3, 0.4) is 0 Å². The van der Waals surface area contributed by atoms with Crippen LogP contribution >= 0.6 is 0 Å². The number of benzene rings is 2. The number of carbonyl (C=O) groups is 1. The molecular formula is C29H30FNO4. The van der Waals surface area contributed by atoms with Crippen LogP contribution in [0.2, 0.25) is 0 Å². The van der Waals surface area contributed by atoms with E-state index in [4.69, 9.17) is 14.6 Å². The first-order valence-electron chi connectivity index (χ1n) is 11.7. The maximum atomic E-state index is 14.9. The van der Waals surface area contributed by atoms with Crippen molar-refractivity contribution in [3.63, 3.8) is 0 Å². The van der Waals surface area contributed by atoms with Gasteiger partial charge in [0.25, 0.3) is 0 Å². The van der Waals surface area contributed by atoms with E-state index in [-0.39, 0.29) is 24.3 Å². The number of nitrogens with zero attached hydrogens (tertiary/aromatic N) is 1. The Hall–Kier alpha value is -3.67. The number of methoxy groups -OCH3 is 1. The quantitative estimate of drug-likeness (QED) is 0.373. The smallest absolute Gasteiger partial charge is 0.303 e. The zero-order chi connectivity index (χ0) is 25.0. The molecular weight excluding hydrogens is 445 g/mol. The van der Waals surface area contributed by atoms with Crippen molar-refractivity contribution < 1.29 is 23.8 Å². The Labute approximate surface area is 205 Å². The van der Waals surface area contributed by atoms with Crippen molar-refractivity contribution in [3.05, 3.63) is 83.3 Å². The second-order valence-corrected chi connectivity index (χ2v) is 9.45. The molecule has 0 amide bonds. The Kier molecular flexibility index (Phi) is 7.20. The Morgan fingerprint density at radius 3 is 2.60 bits per heavy atom. The van der Waals surface area contributed by atoms with Crippen LogP contribution in [0.15, 0.2) is 60.8 Å². The molecule has 0 unspecified atom stereocenters. The highest BCUT2D eigenvalue weighted by Crippen LogP contribution is 2.47. The number of aliphatic carboxylic acids is 1. The summed E-state index contributed by atoms with van der Waals surface area (Å²) in [6.45, 7) is 4.72. The Morgan fingerprint density at radius 2 is 1.89 bits per heavy atom. The number of hydrogen-bond donors (Lipinski definition) is 1. The molecule has 0 fully saturated rings. The third-order valence-corrected chi connectivity index (χ3v) is 6.50. The lowest BCUT2D eigenvalue weighted by Gasteiger charge is -2.25. The third kappa shape index (κ3) is 5.70. The number of aryl methyl sites for hydroxylation is 1. The van der Waals surface area contributed by atoms with E-state index >= 15 is 0 Å². The molecule has 0 radical (unpaired) electrons. The van der Waals surface area contributed by atoms with E-state index in [2.05, 4.69) is 31.0 Å². The minimum atomic E-state index is -0.839. The molecule has 4 rings (SSSR count). The van der Waals surface area contributed by atoms with E-state index in [0.717, 1.165) is 35.1 Å². The van der Waals surface area contributed by atoms with Crippen molar-refractivity contribution in [1.29, 1.82) is 0 Å². The van der Waals surface area contributed by atoms with Gasteiger partial charge in [-0.2, -0.15) is 0 Å². The second kappa shape index (κ2) is 10.3. The van der Waals surface area contributed by atoms with Gasteiger partial charge in [0.15, 0.2) is 0 Å². The fourth-order valence-electron chi connectivity index (χ4n) is 4.53. The SMILES string of the molecule is COc1ccc(F)c(-c2ccc(COc3cc(CCC(=O)O)ccn3)cc2C2=CCCC2(C)C)c1. The van der Waals surface area contributed by atoms with Gasteiger partial charge >= 0.3 is 5.97 Å². The van der Waals surface area contributed by atoms with E-state index in [0.29, 0.717) is 23.6 Å². The molecule has 1 N–H and O–H groups in total. The van der Waals surface area contributed by atoms with Gasteiger partial charge in [0, 0.05) is 24.2 Å². The van der Waals surface area contributed by atoms with Crippen molar-refractivity contribution in [2.75, 3.05) is 7.11 Å². The summed E-state index contributed by atoms with van der Waals surface area (Å²) in [5.74, 6) is -0.0885. The molecule has 0 bridgehead atoms. The fraction of sp³-hybridized carbons (Fsp3) is 0.310. The number of halogens is 1. The lowest BCUT2D eigenvalue weighted by atomic mass is 9.79. The topological polar surface area (TPSA) is 68.7 Å². The Bertz CT molecular complexity index is 1270. The van der Waals surface area contributed by atoms with Crippen LogP contribution in [0.4, 0.5) is 4.39 Å². The van der Waals surface area contributed by atoms with Crippen LogP contribution in [0.5, 0.6) is 11.6 Å². The number of ether oxygens (including phenoxy) is 2. The molecule has 0 aliphatic heterocycles. The van der Waals surface area contributed by atoms with Gasteiger partial charge in [-0.25, -0.2) is 9.37 Å². The zero-order valence-corrected chi connectivity index (χ0v) is 20.3. The molecule has 0 saturated heterocycles. The number of hydrogen-bond acceptors (Lipinski definition) is 4. The van der Waals surface area contributed by atoms with E-state index in [9.17, 15) is 9.18 Å². The maximum absolute atomic E-state index is 14.9. The molecule has 35 heavy (non-hydrogen) atoms. The van der Waals surface area contributed by atoms with Gasteiger partial charge in [-0.05, 0) is 82.8 Å². The maximum Gasteiger partial charge on any atom is 0.303 e. The van der Waals surface area contributed by atoms with Crippen LogP contribution in [0, 0.1) is 11.2 Å². The highest BCUT2D eigenvalue weighted by molar-refractivity contribution is 5.85. The second-order valence-electron chi connectivity index (χ2n) is 9.45. The van der Waals surface area contributed by atoms with Crippen molar-refractivity contribution in [2.24, 2.45) is 5.41 Å². The van der Waals surface area contributed by atoms with Crippen LogP contribution in [0.1, 0.15) is 49.8 Å². The molecule has 0 saturated carbocycles. The summed E-state index contributed by atoms with van der Waals surface area (Å²) < 4.78 is 26.2. The minimum absolute atomic E-state index is 0.0242. The molecule has 1 aliphatic carbocycles. The normalized spacial score (nSPS) is 14.5. The molecule has 0 spiro atoms. The minimum Gasteiger partial charge on any atom is -0.497 e. The van der Waals surface area contributed by atoms with Crippen molar-refractivity contribution in [2.45, 2.75) is 46.1 Å². The Morgan fingerprint density at radius 1 is 1.06 bits per heavy atom. The average Bonchev–Trinajstić information content (AvgIpc) is 3.20. The van der Waals surface area contributed by atoms with Gasteiger partial charge in [0.2, 0.25) is 5.88 Å². The first-order chi connectivity index (χ1) is 16.8. The lowest BCUT2D eigenvalue weighted by molar-refractivity contribution is -0.136. The molecule has 182 valence electrons. The van der Waals surface area contributed by atoms with Gasteiger partial charge in [-0.3, -0.25) is 4.79 Å². The number of carboxylic acid groups (broad SMARTS) is 1. The molecule has 6 heteroatoms. The van der Waals surface area contributed by atoms with Crippen LogP contribution in [-0.4, -0.2) is 23.2 Å². The molecule has 0 atom stereocenters. The predicted octanol–water partition coefficient (Wildman–Crippen LogP) is 6.70. The van der Waals surface area contributed by atoms with Crippen LogP contribution in [-0.2, 0) is 17.8 Å². The van der Waals surface area contributed by atoms with Gasteiger partial charge in [0.05, 0.1) is 7.11 Å². The Balaban J connectivity index is 1.65. The van der Waals surface area contributed by atoms with Crippen molar-refractivity contribution >= 4 is 11.5 Å². The van der Waals surface area contributed by atoms with E-state index < -0.39 is 5.97 Å². The number of aromatic nitrogens is 1. The highest BCUT2D eigenvalue weighted by Gasteiger charge is 2.30. The van der Waals surface area contributed by atoms with Crippen molar-refractivity contribution in [1.82, 2.24) is 4.98 Å². The first-order valence-corrected chi connectivity index (χ1v) is 11.7. The van der Waals surface area contributed by atoms with E-state index in [1.165, 1.54) is 11.6 Å². The number of rotatable bonds is 9. The number of pyridine rings is 1. The van der Waals surface area contributed by atoms with Crippen LogP contribution in [0.25, 0.3) is 16.7 Å². The number of allylic oxidation sites excluding steroid dienone is 2. The van der Waals surface area contributed by atoms with Crippen LogP contribution < -0.4 is 9.47 Å². The summed E-state index contributed by atoms with van der Waals surface area (Å²) in [6, 6.07) is 14.3. The largest absolute Gasteiger partial charge is 0.497 e. The molecule has 1 aliphatic rings. The van der Waals surface area contributed by atoms with E-state index in [1.807, 2.05) is 12.1 Å². The third-order valence-electron chi connectivity index (χ3n) is 6.50. The monoisotopic (exact) mass is 475 g/mol. The molecule has 2 aromatic carbocycles. The summed E-state index contributed by atoms with van der Waals surface area (Å²) in [6.07, 6.45) is 6.36. The summed E-state index contributed by atoms with van der Waals surface area (Å²) in [4.78, 5) is 15.1. The average molecular weight is 476 g/mol. The molecule has 3 aromatic rings. The van der Waals surface area contributed by atoms with Gasteiger partial charge in [-0.15, -0.1) is 0 Å². The molecule has 1 aromatic heterocycles. The molecule has 1 heterocycles. The number of carboxylic acids is 1. The van der Waals surface area contributed by atoms with Crippen molar-refractivity contribution in [3.8, 4) is 22.8 Å². The van der Waals surface area contributed by atoms with Gasteiger partial charge in [-0.1, -0.05) is 32.1 Å².